The summed E-state index contributed by atoms with van der Waals surface area (Å²) < 4.78 is 51.8. The molecule has 1 atom stereocenters. The van der Waals surface area contributed by atoms with Crippen molar-refractivity contribution >= 4 is 10.4 Å². The molecule has 2 rings (SSSR count). The van der Waals surface area contributed by atoms with Crippen LogP contribution in [-0.4, -0.2) is 59.3 Å². The number of benzene rings is 2. The zero-order valence-electron chi connectivity index (χ0n) is 21.8. The number of rotatable bonds is 14. The second-order valence-electron chi connectivity index (χ2n) is 8.96. The maximum absolute atomic E-state index is 11.1. The van der Waals surface area contributed by atoms with Crippen LogP contribution in [0.4, 0.5) is 0 Å². The van der Waals surface area contributed by atoms with Crippen molar-refractivity contribution in [2.24, 2.45) is 5.92 Å². The molecule has 2 aromatic carbocycles. The van der Waals surface area contributed by atoms with E-state index in [2.05, 4.69) is 29.0 Å². The monoisotopic (exact) mass is 520 g/mol. The van der Waals surface area contributed by atoms with E-state index in [1.807, 2.05) is 31.3 Å². The van der Waals surface area contributed by atoms with E-state index >= 15 is 0 Å². The Morgan fingerprint density at radius 3 is 2.14 bits per heavy atom. The van der Waals surface area contributed by atoms with Gasteiger partial charge in [0.25, 0.3) is 0 Å². The molecule has 2 aromatic rings. The molecular weight excluding hydrogens is 484 g/mol. The fraction of sp³-hybridized carbons (Fsp3) is 0.500. The Morgan fingerprint density at radius 1 is 0.972 bits per heavy atom. The number of methoxy groups -OCH3 is 3. The number of ether oxygens (including phenoxy) is 3. The molecule has 0 amide bonds. The largest absolute Gasteiger partial charge is 0.493 e. The first kappa shape index (κ1) is 29.2. The molecule has 0 aliphatic carbocycles. The molecule has 0 radical (unpaired) electrons. The lowest BCUT2D eigenvalue weighted by atomic mass is 9.69. The highest BCUT2D eigenvalue weighted by molar-refractivity contribution is 7.81. The average Bonchev–Trinajstić information content (AvgIpc) is 2.84. The van der Waals surface area contributed by atoms with Gasteiger partial charge in [-0.1, -0.05) is 26.0 Å². The Balaban J connectivity index is 2.05. The van der Waals surface area contributed by atoms with Crippen LogP contribution in [0, 0.1) is 17.2 Å². The molecule has 0 fully saturated rings. The molecule has 1 unspecified atom stereocenters. The van der Waals surface area contributed by atoms with Crippen LogP contribution in [0.5, 0.6) is 23.0 Å². The van der Waals surface area contributed by atoms with Gasteiger partial charge in [-0.2, -0.15) is 13.7 Å². The van der Waals surface area contributed by atoms with Crippen molar-refractivity contribution < 1.29 is 31.4 Å². The van der Waals surface area contributed by atoms with E-state index in [9.17, 15) is 13.7 Å². The molecule has 0 heterocycles. The van der Waals surface area contributed by atoms with Crippen molar-refractivity contribution in [2.75, 3.05) is 41.5 Å². The minimum atomic E-state index is -4.66. The van der Waals surface area contributed by atoms with Gasteiger partial charge in [0, 0.05) is 6.54 Å². The maximum Gasteiger partial charge on any atom is 0.446 e. The lowest BCUT2D eigenvalue weighted by Crippen LogP contribution is -2.32. The SMILES string of the molecule is COc1ccc(C(C#N)(CCCN(C)CCc2ccc(OC)c(OS(=O)(=O)O)c2)C(C)C)cc1OC. The standard InChI is InChI=1S/C26H36N2O7S/c1-19(2)26(18-27,21-9-11-22(32-4)24(17-21)34-6)13-7-14-28(3)15-12-20-8-10-23(33-5)25(16-20)35-36(29,30)31/h8-11,16-17,19H,7,12-15H2,1-6H3,(H,29,30,31). The van der Waals surface area contributed by atoms with Crippen LogP contribution in [0.1, 0.15) is 37.8 Å². The number of hydrogen-bond donors (Lipinski definition) is 1. The highest BCUT2D eigenvalue weighted by Gasteiger charge is 2.36. The van der Waals surface area contributed by atoms with Gasteiger partial charge >= 0.3 is 10.4 Å². The Labute approximate surface area is 214 Å². The molecule has 198 valence electrons. The summed E-state index contributed by atoms with van der Waals surface area (Å²) in [6, 6.07) is 13.2. The van der Waals surface area contributed by atoms with Crippen LogP contribution in [0.25, 0.3) is 0 Å². The topological polar surface area (TPSA) is 118 Å². The third-order valence-corrected chi connectivity index (χ3v) is 6.79. The molecule has 0 aliphatic rings. The number of likely N-dealkylation sites (N-methyl/N-ethyl adjacent to an activating group) is 1. The fourth-order valence-electron chi connectivity index (χ4n) is 4.24. The molecule has 0 saturated heterocycles. The van der Waals surface area contributed by atoms with Crippen molar-refractivity contribution in [3.63, 3.8) is 0 Å². The van der Waals surface area contributed by atoms with Gasteiger partial charge in [-0.15, -0.1) is 0 Å². The van der Waals surface area contributed by atoms with Crippen molar-refractivity contribution in [3.05, 3.63) is 47.5 Å². The molecule has 0 spiro atoms. The quantitative estimate of drug-likeness (QED) is 0.364. The summed E-state index contributed by atoms with van der Waals surface area (Å²) in [6.45, 7) is 5.59. The Bertz CT molecular complexity index is 1160. The minimum Gasteiger partial charge on any atom is -0.493 e. The number of nitrogens with zero attached hydrogens (tertiary/aromatic N) is 2. The normalized spacial score (nSPS) is 13.2. The van der Waals surface area contributed by atoms with E-state index in [1.54, 1.807) is 20.3 Å². The van der Waals surface area contributed by atoms with Gasteiger partial charge < -0.3 is 23.3 Å². The summed E-state index contributed by atoms with van der Waals surface area (Å²) in [4.78, 5) is 2.16. The summed E-state index contributed by atoms with van der Waals surface area (Å²) in [7, 11) is 1.90. The van der Waals surface area contributed by atoms with E-state index in [-0.39, 0.29) is 17.4 Å². The van der Waals surface area contributed by atoms with Gasteiger partial charge in [-0.25, -0.2) is 0 Å². The van der Waals surface area contributed by atoms with E-state index in [4.69, 9.17) is 18.8 Å². The Kier molecular flexibility index (Phi) is 10.4. The first-order valence-corrected chi connectivity index (χ1v) is 13.0. The predicted molar refractivity (Wildman–Crippen MR) is 137 cm³/mol. The number of hydrogen-bond acceptors (Lipinski definition) is 8. The first-order chi connectivity index (χ1) is 17.0. The first-order valence-electron chi connectivity index (χ1n) is 11.7. The third-order valence-electron chi connectivity index (χ3n) is 6.40. The van der Waals surface area contributed by atoms with Crippen LogP contribution in [0.2, 0.25) is 0 Å². The second-order valence-corrected chi connectivity index (χ2v) is 9.98. The molecule has 0 bridgehead atoms. The number of nitriles is 1. The smallest absolute Gasteiger partial charge is 0.446 e. The van der Waals surface area contributed by atoms with E-state index < -0.39 is 15.8 Å². The van der Waals surface area contributed by atoms with E-state index in [0.29, 0.717) is 30.9 Å². The fourth-order valence-corrected chi connectivity index (χ4v) is 4.60. The van der Waals surface area contributed by atoms with Crippen LogP contribution in [-0.2, 0) is 22.2 Å². The Hall–Kier alpha value is -3.00. The summed E-state index contributed by atoms with van der Waals surface area (Å²) in [5, 5.41) is 10.2. The maximum atomic E-state index is 11.1. The van der Waals surface area contributed by atoms with Gasteiger partial charge in [-0.05, 0) is 74.2 Å². The van der Waals surface area contributed by atoms with Gasteiger partial charge in [0.2, 0.25) is 0 Å². The van der Waals surface area contributed by atoms with Gasteiger partial charge in [0.15, 0.2) is 23.0 Å². The van der Waals surface area contributed by atoms with Crippen molar-refractivity contribution in [3.8, 4) is 29.1 Å². The van der Waals surface area contributed by atoms with E-state index in [0.717, 1.165) is 24.1 Å². The van der Waals surface area contributed by atoms with Gasteiger partial charge in [0.05, 0.1) is 32.8 Å². The molecular formula is C26H36N2O7S. The lowest BCUT2D eigenvalue weighted by molar-refractivity contribution is 0.292. The van der Waals surface area contributed by atoms with Crippen molar-refractivity contribution in [2.45, 2.75) is 38.5 Å². The highest BCUT2D eigenvalue weighted by Crippen LogP contribution is 2.40. The molecule has 9 nitrogen and oxygen atoms in total. The molecule has 0 saturated carbocycles. The lowest BCUT2D eigenvalue weighted by Gasteiger charge is -2.32. The molecule has 0 aromatic heterocycles. The summed E-state index contributed by atoms with van der Waals surface area (Å²) in [5.74, 6) is 1.46. The van der Waals surface area contributed by atoms with Crippen LogP contribution in [0.15, 0.2) is 36.4 Å². The zero-order valence-corrected chi connectivity index (χ0v) is 22.6. The van der Waals surface area contributed by atoms with Crippen molar-refractivity contribution in [1.29, 1.82) is 5.26 Å². The van der Waals surface area contributed by atoms with Gasteiger partial charge in [0.1, 0.15) is 0 Å². The van der Waals surface area contributed by atoms with Crippen LogP contribution >= 0.6 is 0 Å². The summed E-state index contributed by atoms with van der Waals surface area (Å²) in [5.41, 5.74) is 1.07. The second kappa shape index (κ2) is 12.8. The molecule has 0 aliphatic heterocycles. The minimum absolute atomic E-state index is 0.0641. The molecule has 36 heavy (non-hydrogen) atoms. The van der Waals surface area contributed by atoms with Crippen molar-refractivity contribution in [1.82, 2.24) is 4.90 Å². The summed E-state index contributed by atoms with van der Waals surface area (Å²) >= 11 is 0. The predicted octanol–water partition coefficient (Wildman–Crippen LogP) is 4.27. The third kappa shape index (κ3) is 7.50. The summed E-state index contributed by atoms with van der Waals surface area (Å²) in [6.07, 6.45) is 2.11. The highest BCUT2D eigenvalue weighted by atomic mass is 32.3. The molecule has 10 heteroatoms. The average molecular weight is 521 g/mol. The van der Waals surface area contributed by atoms with Crippen LogP contribution in [0.3, 0.4) is 0 Å². The van der Waals surface area contributed by atoms with E-state index in [1.165, 1.54) is 13.2 Å². The molecule has 1 N–H and O–H groups in total. The Morgan fingerprint density at radius 2 is 1.58 bits per heavy atom. The van der Waals surface area contributed by atoms with Crippen LogP contribution < -0.4 is 18.4 Å². The zero-order chi connectivity index (χ0) is 26.9. The van der Waals surface area contributed by atoms with Gasteiger partial charge in [-0.3, -0.25) is 4.55 Å².